The summed E-state index contributed by atoms with van der Waals surface area (Å²) in [5.74, 6) is 0.893. The fourth-order valence-corrected chi connectivity index (χ4v) is 8.97. The van der Waals surface area contributed by atoms with Crippen LogP contribution >= 0.6 is 0 Å². The summed E-state index contributed by atoms with van der Waals surface area (Å²) in [5.41, 5.74) is 8.80. The van der Waals surface area contributed by atoms with Crippen molar-refractivity contribution in [2.45, 2.75) is 24.9 Å². The average molecular weight is 661 g/mol. The lowest BCUT2D eigenvalue weighted by Gasteiger charge is -2.39. The Morgan fingerprint density at radius 3 is 2.20 bits per heavy atom. The van der Waals surface area contributed by atoms with Crippen LogP contribution in [0.15, 0.2) is 127 Å². The van der Waals surface area contributed by atoms with Crippen LogP contribution in [0.3, 0.4) is 0 Å². The van der Waals surface area contributed by atoms with Crippen molar-refractivity contribution in [2.75, 3.05) is 31.2 Å². The Labute approximate surface area is 297 Å². The first-order valence-electron chi connectivity index (χ1n) is 17.8. The summed E-state index contributed by atoms with van der Waals surface area (Å²) in [6.45, 7) is 7.82. The van der Waals surface area contributed by atoms with E-state index in [-0.39, 0.29) is 5.41 Å². The molecule has 10 rings (SSSR count). The standard InChI is InChI=1S/C47H36N2O2/c1-46(2)42-27-30(29-48)11-19-40(42)43-38-9-5-6-10-39(38)45-41(44(43)46)21-22-47(51-45,33-14-17-35(18-15-33)49-23-25-50-26-24-49)34-16-20-37-32(28-34)13-12-31-7-3-4-8-36(31)37/h3-22,27-28H,23-26H2,1-2H3. The number of benzene rings is 7. The third kappa shape index (κ3) is 4.35. The molecule has 246 valence electrons. The molecular formula is C47H36N2O2. The second-order valence-electron chi connectivity index (χ2n) is 14.6. The molecule has 1 aliphatic carbocycles. The molecule has 4 nitrogen and oxygen atoms in total. The topological polar surface area (TPSA) is 45.5 Å². The molecule has 7 aromatic carbocycles. The molecule has 1 saturated heterocycles. The van der Waals surface area contributed by atoms with Crippen molar-refractivity contribution in [1.29, 1.82) is 5.26 Å². The van der Waals surface area contributed by atoms with E-state index in [1.165, 1.54) is 54.9 Å². The van der Waals surface area contributed by atoms with Crippen LogP contribution in [0.4, 0.5) is 5.69 Å². The molecule has 2 heterocycles. The van der Waals surface area contributed by atoms with Crippen molar-refractivity contribution in [2.24, 2.45) is 0 Å². The third-order valence-electron chi connectivity index (χ3n) is 11.5. The second kappa shape index (κ2) is 11.1. The summed E-state index contributed by atoms with van der Waals surface area (Å²) >= 11 is 0. The van der Waals surface area contributed by atoms with E-state index in [9.17, 15) is 5.26 Å². The SMILES string of the molecule is CC1(C)c2cc(C#N)ccc2-c2c1c1c(c3ccccc23)OC(c2ccc(N3CCOCC3)cc2)(c2ccc3c(ccc4ccccc43)c2)C=C1. The number of nitrogens with zero attached hydrogens (tertiary/aromatic N) is 2. The molecule has 0 amide bonds. The van der Waals surface area contributed by atoms with Gasteiger partial charge in [0.05, 0.1) is 24.8 Å². The normalized spacial score (nSPS) is 18.6. The summed E-state index contributed by atoms with van der Waals surface area (Å²) in [7, 11) is 0. The number of rotatable bonds is 3. The highest BCUT2D eigenvalue weighted by molar-refractivity contribution is 6.09. The minimum absolute atomic E-state index is 0.330. The van der Waals surface area contributed by atoms with E-state index in [2.05, 4.69) is 152 Å². The molecule has 0 bridgehead atoms. The fourth-order valence-electron chi connectivity index (χ4n) is 8.97. The van der Waals surface area contributed by atoms with Crippen molar-refractivity contribution >= 4 is 44.1 Å². The van der Waals surface area contributed by atoms with Gasteiger partial charge in [0.15, 0.2) is 5.60 Å². The summed E-state index contributed by atoms with van der Waals surface area (Å²) in [6, 6.07) is 46.0. The maximum absolute atomic E-state index is 9.81. The van der Waals surface area contributed by atoms with Crippen LogP contribution in [0.1, 0.15) is 47.2 Å². The number of anilines is 1. The lowest BCUT2D eigenvalue weighted by atomic mass is 9.76. The number of hydrogen-bond donors (Lipinski definition) is 0. The summed E-state index contributed by atoms with van der Waals surface area (Å²) < 4.78 is 13.3. The fraction of sp³-hybridized carbons (Fsp3) is 0.170. The Balaban J connectivity index is 1.21. The summed E-state index contributed by atoms with van der Waals surface area (Å²) in [6.07, 6.45) is 4.58. The summed E-state index contributed by atoms with van der Waals surface area (Å²) in [4.78, 5) is 2.39. The molecule has 0 N–H and O–H groups in total. The van der Waals surface area contributed by atoms with Crippen molar-refractivity contribution in [3.05, 3.63) is 161 Å². The molecule has 3 aliphatic rings. The first kappa shape index (κ1) is 30.0. The largest absolute Gasteiger partial charge is 0.472 e. The minimum atomic E-state index is -0.878. The van der Waals surface area contributed by atoms with E-state index in [1.807, 2.05) is 6.07 Å². The van der Waals surface area contributed by atoms with Gasteiger partial charge < -0.3 is 14.4 Å². The van der Waals surface area contributed by atoms with E-state index < -0.39 is 5.60 Å². The predicted octanol–water partition coefficient (Wildman–Crippen LogP) is 10.5. The number of fused-ring (bicyclic) bond motifs is 11. The Hall–Kier alpha value is -5.89. The quantitative estimate of drug-likeness (QED) is 0.177. The van der Waals surface area contributed by atoms with Gasteiger partial charge in [-0.1, -0.05) is 111 Å². The predicted molar refractivity (Wildman–Crippen MR) is 208 cm³/mol. The molecular weight excluding hydrogens is 625 g/mol. The number of morpholine rings is 1. The Morgan fingerprint density at radius 2 is 1.39 bits per heavy atom. The molecule has 2 aliphatic heterocycles. The highest BCUT2D eigenvalue weighted by atomic mass is 16.5. The van der Waals surface area contributed by atoms with E-state index in [0.717, 1.165) is 54.1 Å². The van der Waals surface area contributed by atoms with Gasteiger partial charge >= 0.3 is 0 Å². The number of hydrogen-bond acceptors (Lipinski definition) is 4. The van der Waals surface area contributed by atoms with Gasteiger partial charge in [0.2, 0.25) is 0 Å². The van der Waals surface area contributed by atoms with E-state index >= 15 is 0 Å². The van der Waals surface area contributed by atoms with Gasteiger partial charge in [0.25, 0.3) is 0 Å². The monoisotopic (exact) mass is 660 g/mol. The van der Waals surface area contributed by atoms with E-state index in [0.29, 0.717) is 5.56 Å². The van der Waals surface area contributed by atoms with Gasteiger partial charge in [-0.25, -0.2) is 0 Å². The van der Waals surface area contributed by atoms with Crippen molar-refractivity contribution in [3.63, 3.8) is 0 Å². The van der Waals surface area contributed by atoms with Gasteiger partial charge in [-0.3, -0.25) is 0 Å². The lowest BCUT2D eigenvalue weighted by molar-refractivity contribution is 0.122. The van der Waals surface area contributed by atoms with Crippen LogP contribution in [0.2, 0.25) is 0 Å². The zero-order valence-corrected chi connectivity index (χ0v) is 28.7. The smallest absolute Gasteiger partial charge is 0.178 e. The van der Waals surface area contributed by atoms with E-state index in [1.54, 1.807) is 0 Å². The molecule has 1 fully saturated rings. The van der Waals surface area contributed by atoms with Crippen molar-refractivity contribution in [1.82, 2.24) is 0 Å². The van der Waals surface area contributed by atoms with Gasteiger partial charge in [-0.05, 0) is 85.6 Å². The van der Waals surface area contributed by atoms with Gasteiger partial charge in [-0.2, -0.15) is 5.26 Å². The maximum atomic E-state index is 9.81. The lowest BCUT2D eigenvalue weighted by Crippen LogP contribution is -2.37. The molecule has 0 saturated carbocycles. The first-order valence-corrected chi connectivity index (χ1v) is 17.8. The van der Waals surface area contributed by atoms with E-state index in [4.69, 9.17) is 9.47 Å². The van der Waals surface area contributed by atoms with Gasteiger partial charge in [0.1, 0.15) is 5.75 Å². The minimum Gasteiger partial charge on any atom is -0.472 e. The van der Waals surface area contributed by atoms with Gasteiger partial charge in [0, 0.05) is 46.3 Å². The van der Waals surface area contributed by atoms with Gasteiger partial charge in [-0.15, -0.1) is 0 Å². The number of ether oxygens (including phenoxy) is 2. The Kier molecular flexibility index (Phi) is 6.50. The molecule has 0 radical (unpaired) electrons. The van der Waals surface area contributed by atoms with Crippen LogP contribution in [-0.4, -0.2) is 26.3 Å². The molecule has 1 atom stereocenters. The molecule has 0 spiro atoms. The van der Waals surface area contributed by atoms with Crippen LogP contribution in [-0.2, 0) is 15.8 Å². The van der Waals surface area contributed by atoms with Crippen molar-refractivity contribution in [3.8, 4) is 22.9 Å². The Bertz CT molecular complexity index is 2640. The zero-order valence-electron chi connectivity index (χ0n) is 28.7. The molecule has 51 heavy (non-hydrogen) atoms. The van der Waals surface area contributed by atoms with Crippen LogP contribution < -0.4 is 9.64 Å². The molecule has 1 unspecified atom stereocenters. The van der Waals surface area contributed by atoms with Crippen LogP contribution in [0, 0.1) is 11.3 Å². The number of nitriles is 1. The zero-order chi connectivity index (χ0) is 34.3. The highest BCUT2D eigenvalue weighted by Gasteiger charge is 2.44. The van der Waals surface area contributed by atoms with Crippen LogP contribution in [0.5, 0.6) is 5.75 Å². The molecule has 0 aromatic heterocycles. The maximum Gasteiger partial charge on any atom is 0.178 e. The molecule has 7 aromatic rings. The van der Waals surface area contributed by atoms with Crippen LogP contribution in [0.25, 0.3) is 49.5 Å². The van der Waals surface area contributed by atoms with Crippen molar-refractivity contribution < 1.29 is 9.47 Å². The average Bonchev–Trinajstić information content (AvgIpc) is 3.43. The second-order valence-corrected chi connectivity index (χ2v) is 14.6. The first-order chi connectivity index (χ1) is 25.0. The highest BCUT2D eigenvalue weighted by Crippen LogP contribution is 2.58. The Morgan fingerprint density at radius 1 is 0.686 bits per heavy atom. The third-order valence-corrected chi connectivity index (χ3v) is 11.5. The summed E-state index contributed by atoms with van der Waals surface area (Å²) in [5, 5.41) is 17.0. The molecule has 4 heteroatoms.